The number of esters is 1. The van der Waals surface area contributed by atoms with Crippen LogP contribution in [-0.4, -0.2) is 37.0 Å². The molecular weight excluding hydrogens is 305 g/mol. The first-order chi connectivity index (χ1) is 8.47. The van der Waals surface area contributed by atoms with E-state index in [-0.39, 0.29) is 23.2 Å². The maximum atomic E-state index is 13.3. The largest absolute Gasteiger partial charge is 0.465 e. The third-order valence-electron chi connectivity index (χ3n) is 2.20. The first-order valence-electron chi connectivity index (χ1n) is 5.32. The van der Waals surface area contributed by atoms with E-state index >= 15 is 0 Å². The lowest BCUT2D eigenvalue weighted by molar-refractivity contribution is -0.143. The Bertz CT molecular complexity index is 465. The SMILES string of the molecule is CCOC(=O)CN(C)C(=O)c1cccc(F)c1Br. The van der Waals surface area contributed by atoms with Gasteiger partial charge >= 0.3 is 5.97 Å². The quantitative estimate of drug-likeness (QED) is 0.800. The molecule has 0 spiro atoms. The van der Waals surface area contributed by atoms with Crippen LogP contribution in [0.3, 0.4) is 0 Å². The number of rotatable bonds is 4. The highest BCUT2D eigenvalue weighted by Gasteiger charge is 2.19. The molecule has 0 bridgehead atoms. The molecule has 1 amide bonds. The number of carbonyl (C=O) groups excluding carboxylic acids is 2. The van der Waals surface area contributed by atoms with E-state index in [9.17, 15) is 14.0 Å². The predicted molar refractivity (Wildman–Crippen MR) is 67.7 cm³/mol. The predicted octanol–water partition coefficient (Wildman–Crippen LogP) is 2.22. The molecule has 0 heterocycles. The van der Waals surface area contributed by atoms with E-state index in [1.807, 2.05) is 0 Å². The Morgan fingerprint density at radius 1 is 1.44 bits per heavy atom. The summed E-state index contributed by atoms with van der Waals surface area (Å²) >= 11 is 3.01. The van der Waals surface area contributed by atoms with E-state index < -0.39 is 17.7 Å². The Morgan fingerprint density at radius 3 is 2.72 bits per heavy atom. The Balaban J connectivity index is 2.81. The minimum Gasteiger partial charge on any atom is -0.465 e. The van der Waals surface area contributed by atoms with Gasteiger partial charge in [-0.15, -0.1) is 0 Å². The van der Waals surface area contributed by atoms with Crippen LogP contribution >= 0.6 is 15.9 Å². The maximum Gasteiger partial charge on any atom is 0.325 e. The number of hydrogen-bond donors (Lipinski definition) is 0. The van der Waals surface area contributed by atoms with Crippen LogP contribution < -0.4 is 0 Å². The van der Waals surface area contributed by atoms with Crippen molar-refractivity contribution < 1.29 is 18.7 Å². The maximum absolute atomic E-state index is 13.3. The van der Waals surface area contributed by atoms with Gasteiger partial charge in [0.05, 0.1) is 16.6 Å². The summed E-state index contributed by atoms with van der Waals surface area (Å²) in [6.45, 7) is 1.77. The zero-order valence-electron chi connectivity index (χ0n) is 10.1. The first kappa shape index (κ1) is 14.6. The molecule has 0 unspecified atom stereocenters. The second-order valence-corrected chi connectivity index (χ2v) is 4.36. The summed E-state index contributed by atoms with van der Waals surface area (Å²) in [6.07, 6.45) is 0. The van der Waals surface area contributed by atoms with Crippen LogP contribution in [0.1, 0.15) is 17.3 Å². The van der Waals surface area contributed by atoms with Gasteiger partial charge in [-0.2, -0.15) is 0 Å². The van der Waals surface area contributed by atoms with Crippen LogP contribution in [0.5, 0.6) is 0 Å². The van der Waals surface area contributed by atoms with Crippen molar-refractivity contribution in [3.8, 4) is 0 Å². The number of likely N-dealkylation sites (N-methyl/N-ethyl adjacent to an activating group) is 1. The second-order valence-electron chi connectivity index (χ2n) is 3.57. The average molecular weight is 318 g/mol. The molecule has 18 heavy (non-hydrogen) atoms. The third kappa shape index (κ3) is 3.53. The topological polar surface area (TPSA) is 46.6 Å². The van der Waals surface area contributed by atoms with Crippen LogP contribution in [0, 0.1) is 5.82 Å². The monoisotopic (exact) mass is 317 g/mol. The minimum atomic E-state index is -0.523. The standard InChI is InChI=1S/C12H13BrFNO3/c1-3-18-10(16)7-15(2)12(17)8-5-4-6-9(14)11(8)13/h4-6H,3,7H2,1-2H3. The molecule has 0 radical (unpaired) electrons. The Labute approximate surface area is 113 Å². The van der Waals surface area contributed by atoms with Gasteiger partial charge < -0.3 is 9.64 Å². The first-order valence-corrected chi connectivity index (χ1v) is 6.11. The summed E-state index contributed by atoms with van der Waals surface area (Å²) in [5, 5.41) is 0. The lowest BCUT2D eigenvalue weighted by Gasteiger charge is -2.16. The Morgan fingerprint density at radius 2 is 2.11 bits per heavy atom. The molecule has 0 aliphatic rings. The Kier molecular flexibility index (Phi) is 5.27. The summed E-state index contributed by atoms with van der Waals surface area (Å²) in [4.78, 5) is 24.4. The second kappa shape index (κ2) is 6.49. The molecule has 4 nitrogen and oxygen atoms in total. The minimum absolute atomic E-state index is 0.0886. The molecule has 0 aliphatic carbocycles. The molecule has 0 N–H and O–H groups in total. The van der Waals surface area contributed by atoms with E-state index in [4.69, 9.17) is 4.74 Å². The fraction of sp³-hybridized carbons (Fsp3) is 0.333. The smallest absolute Gasteiger partial charge is 0.325 e. The van der Waals surface area contributed by atoms with Crippen LogP contribution in [0.15, 0.2) is 22.7 Å². The summed E-state index contributed by atoms with van der Waals surface area (Å²) < 4.78 is 18.1. The number of halogens is 2. The molecule has 1 rings (SSSR count). The summed E-state index contributed by atoms with van der Waals surface area (Å²) in [7, 11) is 1.45. The van der Waals surface area contributed by atoms with Gasteiger partial charge in [-0.05, 0) is 35.0 Å². The number of carbonyl (C=O) groups is 2. The lowest BCUT2D eigenvalue weighted by Crippen LogP contribution is -2.33. The van der Waals surface area contributed by atoms with Crippen molar-refractivity contribution in [3.63, 3.8) is 0 Å². The number of ether oxygens (including phenoxy) is 1. The van der Waals surface area contributed by atoms with Gasteiger partial charge in [0.1, 0.15) is 12.4 Å². The average Bonchev–Trinajstić information content (AvgIpc) is 2.32. The van der Waals surface area contributed by atoms with Crippen LogP contribution in [0.25, 0.3) is 0 Å². The van der Waals surface area contributed by atoms with Gasteiger partial charge in [0.15, 0.2) is 0 Å². The van der Waals surface area contributed by atoms with Crippen molar-refractivity contribution in [1.29, 1.82) is 0 Å². The fourth-order valence-electron chi connectivity index (χ4n) is 1.35. The molecule has 1 aromatic rings. The zero-order valence-corrected chi connectivity index (χ0v) is 11.7. The molecule has 0 fully saturated rings. The molecule has 0 atom stereocenters. The van der Waals surface area contributed by atoms with Crippen LogP contribution in [-0.2, 0) is 9.53 Å². The fourth-order valence-corrected chi connectivity index (χ4v) is 1.78. The zero-order chi connectivity index (χ0) is 13.7. The number of amides is 1. The van der Waals surface area contributed by atoms with Gasteiger partial charge in [0.2, 0.25) is 0 Å². The van der Waals surface area contributed by atoms with Gasteiger partial charge in [0, 0.05) is 7.05 Å². The van der Waals surface area contributed by atoms with Crippen molar-refractivity contribution >= 4 is 27.8 Å². The molecule has 1 aromatic carbocycles. The van der Waals surface area contributed by atoms with E-state index in [0.29, 0.717) is 0 Å². The highest BCUT2D eigenvalue weighted by Crippen LogP contribution is 2.21. The van der Waals surface area contributed by atoms with Gasteiger partial charge in [-0.1, -0.05) is 6.07 Å². The van der Waals surface area contributed by atoms with Gasteiger partial charge in [0.25, 0.3) is 5.91 Å². The van der Waals surface area contributed by atoms with E-state index in [2.05, 4.69) is 15.9 Å². The van der Waals surface area contributed by atoms with Gasteiger partial charge in [-0.3, -0.25) is 9.59 Å². The van der Waals surface area contributed by atoms with E-state index in [0.717, 1.165) is 0 Å². The van der Waals surface area contributed by atoms with Crippen molar-refractivity contribution in [1.82, 2.24) is 4.90 Å². The van der Waals surface area contributed by atoms with Gasteiger partial charge in [-0.25, -0.2) is 4.39 Å². The van der Waals surface area contributed by atoms with Crippen molar-refractivity contribution in [2.75, 3.05) is 20.2 Å². The molecule has 0 aromatic heterocycles. The molecule has 0 saturated heterocycles. The van der Waals surface area contributed by atoms with Crippen LogP contribution in [0.2, 0.25) is 0 Å². The number of nitrogens with zero attached hydrogens (tertiary/aromatic N) is 1. The van der Waals surface area contributed by atoms with Crippen molar-refractivity contribution in [2.24, 2.45) is 0 Å². The summed E-state index contributed by atoms with van der Waals surface area (Å²) in [5.74, 6) is -1.47. The molecule has 98 valence electrons. The van der Waals surface area contributed by atoms with Crippen LogP contribution in [0.4, 0.5) is 4.39 Å². The van der Waals surface area contributed by atoms with Crippen molar-refractivity contribution in [2.45, 2.75) is 6.92 Å². The highest BCUT2D eigenvalue weighted by atomic mass is 79.9. The molecule has 0 aliphatic heterocycles. The lowest BCUT2D eigenvalue weighted by atomic mass is 10.2. The molecule has 0 saturated carbocycles. The molecule has 6 heteroatoms. The summed E-state index contributed by atoms with van der Waals surface area (Å²) in [5.41, 5.74) is 0.168. The third-order valence-corrected chi connectivity index (χ3v) is 3.01. The number of hydrogen-bond acceptors (Lipinski definition) is 3. The molecular formula is C12H13BrFNO3. The number of benzene rings is 1. The summed E-state index contributed by atoms with van der Waals surface area (Å²) in [6, 6.07) is 4.16. The van der Waals surface area contributed by atoms with E-state index in [1.165, 1.54) is 30.1 Å². The van der Waals surface area contributed by atoms with Crippen molar-refractivity contribution in [3.05, 3.63) is 34.1 Å². The normalized spacial score (nSPS) is 10.0. The van der Waals surface area contributed by atoms with E-state index in [1.54, 1.807) is 6.92 Å². The highest BCUT2D eigenvalue weighted by molar-refractivity contribution is 9.10. The Hall–Kier alpha value is -1.43.